The monoisotopic (exact) mass is 466 g/mol. The lowest BCUT2D eigenvalue weighted by molar-refractivity contribution is 0.0526. The summed E-state index contributed by atoms with van der Waals surface area (Å²) in [5, 5.41) is 2.80. The van der Waals surface area contributed by atoms with Gasteiger partial charge in [0.2, 0.25) is 0 Å². The number of benzene rings is 2. The highest BCUT2D eigenvalue weighted by Crippen LogP contribution is 2.16. The van der Waals surface area contributed by atoms with Gasteiger partial charge in [0.1, 0.15) is 5.52 Å². The third-order valence-corrected chi connectivity index (χ3v) is 5.68. The Morgan fingerprint density at radius 1 is 0.943 bits per heavy atom. The first-order valence-electron chi connectivity index (χ1n) is 11.2. The standard InChI is InChI=1S/C27H22N4O4/c1-2-35-27(34)20-6-3-7-21(16-20)29-25(32)19-12-10-18(11-13-19)17-31-24-22(8-4-14-28-24)30-15-5-9-23(30)26(31)33/h3-16H,2,17H2,1H3,(H,29,32). The van der Waals surface area contributed by atoms with Gasteiger partial charge < -0.3 is 14.5 Å². The molecule has 1 N–H and O–H groups in total. The summed E-state index contributed by atoms with van der Waals surface area (Å²) in [5.41, 5.74) is 4.04. The van der Waals surface area contributed by atoms with E-state index in [2.05, 4.69) is 10.3 Å². The summed E-state index contributed by atoms with van der Waals surface area (Å²) in [5.74, 6) is -0.750. The van der Waals surface area contributed by atoms with Gasteiger partial charge in [-0.25, -0.2) is 9.78 Å². The van der Waals surface area contributed by atoms with Crippen LogP contribution in [-0.4, -0.2) is 32.4 Å². The second-order valence-electron chi connectivity index (χ2n) is 7.95. The first-order valence-corrected chi connectivity index (χ1v) is 11.2. The summed E-state index contributed by atoms with van der Waals surface area (Å²) in [4.78, 5) is 42.2. The van der Waals surface area contributed by atoms with E-state index in [1.165, 1.54) is 0 Å². The predicted molar refractivity (Wildman–Crippen MR) is 133 cm³/mol. The summed E-state index contributed by atoms with van der Waals surface area (Å²) < 4.78 is 8.49. The third kappa shape index (κ3) is 4.29. The number of ether oxygens (including phenoxy) is 1. The second-order valence-corrected chi connectivity index (χ2v) is 7.95. The summed E-state index contributed by atoms with van der Waals surface area (Å²) >= 11 is 0. The number of hydrogen-bond donors (Lipinski definition) is 1. The van der Waals surface area contributed by atoms with Crippen LogP contribution < -0.4 is 10.9 Å². The molecular weight excluding hydrogens is 444 g/mol. The number of anilines is 1. The lowest BCUT2D eigenvalue weighted by Gasteiger charge is -2.12. The van der Waals surface area contributed by atoms with Gasteiger partial charge in [0.05, 0.1) is 24.2 Å². The van der Waals surface area contributed by atoms with E-state index in [0.717, 1.165) is 11.1 Å². The van der Waals surface area contributed by atoms with Crippen LogP contribution in [0, 0.1) is 0 Å². The molecule has 0 radical (unpaired) electrons. The Bertz CT molecular complexity index is 1620. The van der Waals surface area contributed by atoms with Crippen molar-refractivity contribution < 1.29 is 14.3 Å². The molecule has 8 nitrogen and oxygen atoms in total. The normalized spacial score (nSPS) is 11.0. The molecule has 0 aliphatic heterocycles. The molecule has 0 fully saturated rings. The van der Waals surface area contributed by atoms with Crippen LogP contribution in [0.25, 0.3) is 16.7 Å². The summed E-state index contributed by atoms with van der Waals surface area (Å²) in [6.45, 7) is 2.33. The maximum atomic E-state index is 13.1. The summed E-state index contributed by atoms with van der Waals surface area (Å²) in [6, 6.07) is 21.0. The van der Waals surface area contributed by atoms with Crippen molar-refractivity contribution in [2.75, 3.05) is 11.9 Å². The average molecular weight is 466 g/mol. The van der Waals surface area contributed by atoms with Gasteiger partial charge in [0.15, 0.2) is 5.65 Å². The summed E-state index contributed by atoms with van der Waals surface area (Å²) in [7, 11) is 0. The largest absolute Gasteiger partial charge is 0.462 e. The van der Waals surface area contributed by atoms with Crippen LogP contribution in [0.1, 0.15) is 33.2 Å². The van der Waals surface area contributed by atoms with Crippen LogP contribution in [0.2, 0.25) is 0 Å². The number of rotatable bonds is 6. The Labute approximate surface area is 200 Å². The molecule has 5 rings (SSSR count). The molecule has 8 heteroatoms. The zero-order chi connectivity index (χ0) is 24.4. The number of aromatic nitrogens is 3. The molecule has 174 valence electrons. The average Bonchev–Trinajstić information content (AvgIpc) is 3.38. The molecule has 3 heterocycles. The Morgan fingerprint density at radius 3 is 2.54 bits per heavy atom. The van der Waals surface area contributed by atoms with Crippen LogP contribution in [0.4, 0.5) is 5.69 Å². The van der Waals surface area contributed by atoms with Gasteiger partial charge in [0, 0.05) is 23.6 Å². The minimum Gasteiger partial charge on any atom is -0.462 e. The third-order valence-electron chi connectivity index (χ3n) is 5.68. The topological polar surface area (TPSA) is 94.7 Å². The van der Waals surface area contributed by atoms with Gasteiger partial charge >= 0.3 is 5.97 Å². The van der Waals surface area contributed by atoms with Crippen molar-refractivity contribution in [3.63, 3.8) is 0 Å². The molecular formula is C27H22N4O4. The number of pyridine rings is 1. The molecule has 0 aliphatic rings. The van der Waals surface area contributed by atoms with Crippen molar-refractivity contribution in [1.82, 2.24) is 14.0 Å². The molecule has 0 spiro atoms. The van der Waals surface area contributed by atoms with Crippen molar-refractivity contribution in [1.29, 1.82) is 0 Å². The van der Waals surface area contributed by atoms with Crippen molar-refractivity contribution in [3.8, 4) is 0 Å². The number of hydrogen-bond acceptors (Lipinski definition) is 5. The number of fused-ring (bicyclic) bond motifs is 3. The fourth-order valence-corrected chi connectivity index (χ4v) is 4.02. The molecule has 0 bridgehead atoms. The molecule has 0 atom stereocenters. The van der Waals surface area contributed by atoms with Crippen LogP contribution in [0.5, 0.6) is 0 Å². The van der Waals surface area contributed by atoms with Crippen molar-refractivity contribution in [2.24, 2.45) is 0 Å². The molecule has 0 saturated carbocycles. The minimum absolute atomic E-state index is 0.135. The van der Waals surface area contributed by atoms with Crippen LogP contribution >= 0.6 is 0 Å². The smallest absolute Gasteiger partial charge is 0.338 e. The highest BCUT2D eigenvalue weighted by Gasteiger charge is 2.13. The zero-order valence-corrected chi connectivity index (χ0v) is 19.0. The van der Waals surface area contributed by atoms with Gasteiger partial charge in [-0.1, -0.05) is 18.2 Å². The van der Waals surface area contributed by atoms with Gasteiger partial charge in [-0.05, 0) is 67.1 Å². The lowest BCUT2D eigenvalue weighted by Crippen LogP contribution is -2.24. The minimum atomic E-state index is -0.441. The molecule has 0 saturated heterocycles. The quantitative estimate of drug-likeness (QED) is 0.380. The highest BCUT2D eigenvalue weighted by molar-refractivity contribution is 6.04. The van der Waals surface area contributed by atoms with E-state index in [9.17, 15) is 14.4 Å². The fourth-order valence-electron chi connectivity index (χ4n) is 4.02. The maximum absolute atomic E-state index is 13.1. The van der Waals surface area contributed by atoms with Crippen molar-refractivity contribution >= 4 is 34.2 Å². The van der Waals surface area contributed by atoms with Crippen LogP contribution in [0.3, 0.4) is 0 Å². The maximum Gasteiger partial charge on any atom is 0.338 e. The van der Waals surface area contributed by atoms with E-state index in [1.54, 1.807) is 60.2 Å². The number of carbonyl (C=O) groups is 2. The first kappa shape index (κ1) is 22.1. The first-order chi connectivity index (χ1) is 17.0. The van der Waals surface area contributed by atoms with E-state index in [1.807, 2.05) is 40.9 Å². The fraction of sp³-hybridized carbons (Fsp3) is 0.111. The van der Waals surface area contributed by atoms with Gasteiger partial charge in [0.25, 0.3) is 11.5 Å². The number of carbonyl (C=O) groups excluding carboxylic acids is 2. The zero-order valence-electron chi connectivity index (χ0n) is 19.0. The van der Waals surface area contributed by atoms with E-state index in [-0.39, 0.29) is 18.1 Å². The van der Waals surface area contributed by atoms with Gasteiger partial charge in [-0.15, -0.1) is 0 Å². The predicted octanol–water partition coefficient (Wildman–Crippen LogP) is 4.13. The highest BCUT2D eigenvalue weighted by atomic mass is 16.5. The number of esters is 1. The molecule has 3 aromatic heterocycles. The Kier molecular flexibility index (Phi) is 5.85. The molecule has 0 aliphatic carbocycles. The van der Waals surface area contributed by atoms with Gasteiger partial charge in [-0.2, -0.15) is 0 Å². The Morgan fingerprint density at radius 2 is 1.74 bits per heavy atom. The molecule has 5 aromatic rings. The van der Waals surface area contributed by atoms with Crippen LogP contribution in [-0.2, 0) is 11.3 Å². The van der Waals surface area contributed by atoms with Crippen molar-refractivity contribution in [2.45, 2.75) is 13.5 Å². The van der Waals surface area contributed by atoms with Crippen LogP contribution in [0.15, 0.2) is 90.0 Å². The van der Waals surface area contributed by atoms with E-state index >= 15 is 0 Å². The van der Waals surface area contributed by atoms with E-state index in [0.29, 0.717) is 34.5 Å². The number of amides is 1. The Hall–Kier alpha value is -4.72. The van der Waals surface area contributed by atoms with Gasteiger partial charge in [-0.3, -0.25) is 14.2 Å². The molecule has 35 heavy (non-hydrogen) atoms. The number of nitrogens with one attached hydrogen (secondary N) is 1. The SMILES string of the molecule is CCOC(=O)c1cccc(NC(=O)c2ccc(Cn3c(=O)c4cccn4c4cccnc43)cc2)c1. The molecule has 1 amide bonds. The van der Waals surface area contributed by atoms with E-state index < -0.39 is 5.97 Å². The van der Waals surface area contributed by atoms with E-state index in [4.69, 9.17) is 4.74 Å². The molecule has 2 aromatic carbocycles. The lowest BCUT2D eigenvalue weighted by atomic mass is 10.1. The second kappa shape index (κ2) is 9.26. The summed E-state index contributed by atoms with van der Waals surface area (Å²) in [6.07, 6.45) is 3.51. The molecule has 0 unspecified atom stereocenters. The number of nitrogens with zero attached hydrogens (tertiary/aromatic N) is 3. The Balaban J connectivity index is 1.37. The van der Waals surface area contributed by atoms with Crippen molar-refractivity contribution in [3.05, 3.63) is 112 Å².